The van der Waals surface area contributed by atoms with Crippen LogP contribution in [0.5, 0.6) is 0 Å². The molecule has 0 unspecified atom stereocenters. The van der Waals surface area contributed by atoms with Crippen LogP contribution in [0.25, 0.3) is 0 Å². The van der Waals surface area contributed by atoms with Gasteiger partial charge in [-0.15, -0.1) is 0 Å². The summed E-state index contributed by atoms with van der Waals surface area (Å²) in [6, 6.07) is 27.5. The third kappa shape index (κ3) is 1.64. The molecule has 3 aromatic carbocycles. The predicted molar refractivity (Wildman–Crippen MR) is 107 cm³/mol. The molecule has 3 aromatic rings. The summed E-state index contributed by atoms with van der Waals surface area (Å²) in [6.45, 7) is 2.83. The van der Waals surface area contributed by atoms with Crippen molar-refractivity contribution in [3.05, 3.63) is 112 Å². The smallest absolute Gasteiger partial charge is 0.255 e. The van der Waals surface area contributed by atoms with E-state index in [9.17, 15) is 4.79 Å². The Morgan fingerprint density at radius 2 is 1.37 bits per heavy atom. The van der Waals surface area contributed by atoms with Crippen molar-refractivity contribution >= 4 is 11.6 Å². The minimum Gasteiger partial charge on any atom is -0.307 e. The lowest BCUT2D eigenvalue weighted by Crippen LogP contribution is -2.43. The number of allylic oxidation sites excluding steroid dienone is 1. The summed E-state index contributed by atoms with van der Waals surface area (Å²) in [7, 11) is 0. The lowest BCUT2D eigenvalue weighted by Gasteiger charge is -2.47. The van der Waals surface area contributed by atoms with Gasteiger partial charge in [0.15, 0.2) is 0 Å². The highest BCUT2D eigenvalue weighted by Gasteiger charge is 2.59. The van der Waals surface area contributed by atoms with E-state index in [1.54, 1.807) is 0 Å². The molecule has 3 aliphatic carbocycles. The van der Waals surface area contributed by atoms with Crippen LogP contribution in [0.3, 0.4) is 0 Å². The lowest BCUT2D eigenvalue weighted by atomic mass is 9.54. The van der Waals surface area contributed by atoms with Crippen LogP contribution in [0, 0.1) is 0 Å². The zero-order valence-corrected chi connectivity index (χ0v) is 15.1. The topological polar surface area (TPSA) is 20.3 Å². The molecule has 27 heavy (non-hydrogen) atoms. The Kier molecular flexibility index (Phi) is 2.76. The molecule has 130 valence electrons. The molecular formula is C25H19NO. The fourth-order valence-corrected chi connectivity index (χ4v) is 5.67. The Labute approximate surface area is 158 Å². The molecule has 1 saturated heterocycles. The zero-order valence-electron chi connectivity index (χ0n) is 15.1. The molecule has 0 aromatic heterocycles. The number of amides is 1. The van der Waals surface area contributed by atoms with Gasteiger partial charge in [-0.25, -0.2) is 0 Å². The van der Waals surface area contributed by atoms with Crippen molar-refractivity contribution in [3.8, 4) is 0 Å². The number of hydrogen-bond donors (Lipinski definition) is 0. The molecule has 1 amide bonds. The SMILES string of the molecule is CC1=C2C(=O)N(c3ccccc3)CC23c2ccccc2C1c1ccccc13. The fraction of sp³-hybridized carbons (Fsp3) is 0.160. The highest BCUT2D eigenvalue weighted by molar-refractivity contribution is 6.13. The Bertz CT molecular complexity index is 1090. The van der Waals surface area contributed by atoms with Crippen LogP contribution in [-0.2, 0) is 10.2 Å². The van der Waals surface area contributed by atoms with Crippen molar-refractivity contribution in [1.29, 1.82) is 0 Å². The maximum Gasteiger partial charge on any atom is 0.255 e. The molecule has 1 aliphatic heterocycles. The van der Waals surface area contributed by atoms with E-state index in [0.29, 0.717) is 6.54 Å². The van der Waals surface area contributed by atoms with Crippen molar-refractivity contribution < 1.29 is 4.79 Å². The van der Waals surface area contributed by atoms with Crippen LogP contribution >= 0.6 is 0 Å². The third-order valence-electron chi connectivity index (χ3n) is 6.64. The first-order valence-corrected chi connectivity index (χ1v) is 9.50. The molecule has 7 rings (SSSR count). The van der Waals surface area contributed by atoms with Gasteiger partial charge in [-0.2, -0.15) is 0 Å². The monoisotopic (exact) mass is 349 g/mol. The van der Waals surface area contributed by atoms with E-state index in [4.69, 9.17) is 0 Å². The van der Waals surface area contributed by atoms with Crippen molar-refractivity contribution in [2.24, 2.45) is 0 Å². The van der Waals surface area contributed by atoms with Crippen molar-refractivity contribution in [2.45, 2.75) is 18.3 Å². The average molecular weight is 349 g/mol. The third-order valence-corrected chi connectivity index (χ3v) is 6.64. The van der Waals surface area contributed by atoms with Crippen LogP contribution in [0.15, 0.2) is 90.0 Å². The van der Waals surface area contributed by atoms with Crippen LogP contribution in [0.2, 0.25) is 0 Å². The van der Waals surface area contributed by atoms with Gasteiger partial charge in [-0.05, 0) is 41.3 Å². The van der Waals surface area contributed by atoms with E-state index in [1.807, 2.05) is 35.2 Å². The van der Waals surface area contributed by atoms with Crippen LogP contribution in [0.1, 0.15) is 35.1 Å². The van der Waals surface area contributed by atoms with E-state index >= 15 is 0 Å². The summed E-state index contributed by atoms with van der Waals surface area (Å²) in [6.07, 6.45) is 0. The minimum atomic E-state index is -0.362. The second-order valence-electron chi connectivity index (χ2n) is 7.80. The Morgan fingerprint density at radius 3 is 2.00 bits per heavy atom. The van der Waals surface area contributed by atoms with Crippen LogP contribution in [-0.4, -0.2) is 12.5 Å². The highest BCUT2D eigenvalue weighted by atomic mass is 16.2. The first kappa shape index (κ1) is 15.0. The maximum absolute atomic E-state index is 13.6. The molecule has 4 aliphatic rings. The molecule has 0 atom stereocenters. The summed E-state index contributed by atoms with van der Waals surface area (Å²) in [5, 5.41) is 0. The number of benzene rings is 3. The summed E-state index contributed by atoms with van der Waals surface area (Å²) < 4.78 is 0. The molecule has 1 fully saturated rings. The second-order valence-corrected chi connectivity index (χ2v) is 7.80. The molecule has 2 heteroatoms. The fourth-order valence-electron chi connectivity index (χ4n) is 5.67. The van der Waals surface area contributed by atoms with Gasteiger partial charge in [0.25, 0.3) is 5.91 Å². The summed E-state index contributed by atoms with van der Waals surface area (Å²) in [4.78, 5) is 15.6. The molecular weight excluding hydrogens is 330 g/mol. The second kappa shape index (κ2) is 4.98. The molecule has 2 bridgehead atoms. The minimum absolute atomic E-state index is 0.160. The Morgan fingerprint density at radius 1 is 0.815 bits per heavy atom. The van der Waals surface area contributed by atoms with E-state index < -0.39 is 0 Å². The summed E-state index contributed by atoms with van der Waals surface area (Å²) in [5.74, 6) is 0.349. The summed E-state index contributed by atoms with van der Waals surface area (Å²) >= 11 is 0. The van der Waals surface area contributed by atoms with Gasteiger partial charge in [-0.3, -0.25) is 4.79 Å². The maximum atomic E-state index is 13.6. The Hall–Kier alpha value is -3.13. The first-order valence-electron chi connectivity index (χ1n) is 9.50. The molecule has 0 N–H and O–H groups in total. The number of para-hydroxylation sites is 1. The Balaban J connectivity index is 1.70. The largest absolute Gasteiger partial charge is 0.307 e. The van der Waals surface area contributed by atoms with Gasteiger partial charge in [0, 0.05) is 23.7 Å². The highest BCUT2D eigenvalue weighted by Crippen LogP contribution is 2.61. The number of rotatable bonds is 1. The summed E-state index contributed by atoms with van der Waals surface area (Å²) in [5.41, 5.74) is 8.16. The predicted octanol–water partition coefficient (Wildman–Crippen LogP) is 4.79. The van der Waals surface area contributed by atoms with Gasteiger partial charge in [-0.1, -0.05) is 72.3 Å². The molecule has 2 nitrogen and oxygen atoms in total. The van der Waals surface area contributed by atoms with Crippen LogP contribution in [0.4, 0.5) is 5.69 Å². The standard InChI is InChI=1S/C25H19NO/c1-16-22-18-11-5-7-13-20(18)25(21-14-8-6-12-19(21)22)15-26(24(27)23(16)25)17-9-3-2-4-10-17/h2-14,22H,15H2,1H3. The normalized spacial score (nSPS) is 24.7. The number of carbonyl (C=O) groups excluding carboxylic acids is 1. The van der Waals surface area contributed by atoms with Gasteiger partial charge >= 0.3 is 0 Å². The van der Waals surface area contributed by atoms with Crippen molar-refractivity contribution in [3.63, 3.8) is 0 Å². The van der Waals surface area contributed by atoms with Crippen molar-refractivity contribution in [2.75, 3.05) is 11.4 Å². The first-order chi connectivity index (χ1) is 13.2. The number of carbonyl (C=O) groups is 1. The van der Waals surface area contributed by atoms with Gasteiger partial charge in [0.2, 0.25) is 0 Å². The molecule has 0 saturated carbocycles. The van der Waals surface area contributed by atoms with E-state index in [2.05, 4.69) is 55.5 Å². The quantitative estimate of drug-likeness (QED) is 0.618. The van der Waals surface area contributed by atoms with Crippen molar-refractivity contribution in [1.82, 2.24) is 0 Å². The van der Waals surface area contributed by atoms with Gasteiger partial charge in [0.1, 0.15) is 0 Å². The van der Waals surface area contributed by atoms with Gasteiger partial charge < -0.3 is 4.90 Å². The number of hydrogen-bond acceptors (Lipinski definition) is 1. The molecule has 1 spiro atoms. The van der Waals surface area contributed by atoms with Gasteiger partial charge in [0.05, 0.1) is 5.41 Å². The van der Waals surface area contributed by atoms with E-state index in [0.717, 1.165) is 11.3 Å². The van der Waals surface area contributed by atoms with E-state index in [1.165, 1.54) is 27.8 Å². The zero-order chi connectivity index (χ0) is 18.2. The molecule has 1 heterocycles. The number of nitrogens with zero attached hydrogens (tertiary/aromatic N) is 1. The van der Waals surface area contributed by atoms with Crippen LogP contribution < -0.4 is 4.90 Å². The number of anilines is 1. The van der Waals surface area contributed by atoms with E-state index in [-0.39, 0.29) is 17.2 Å². The molecule has 0 radical (unpaired) electrons. The lowest BCUT2D eigenvalue weighted by molar-refractivity contribution is -0.114. The average Bonchev–Trinajstić information content (AvgIpc) is 3.04.